The van der Waals surface area contributed by atoms with E-state index in [-0.39, 0.29) is 5.41 Å². The average molecular weight is 246 g/mol. The van der Waals surface area contributed by atoms with Crippen LogP contribution in [0.25, 0.3) is 6.08 Å². The lowest BCUT2D eigenvalue weighted by molar-refractivity contribution is -0.132. The first-order valence-electron chi connectivity index (χ1n) is 6.16. The minimum Gasteiger partial charge on any atom is -0.478 e. The summed E-state index contributed by atoms with van der Waals surface area (Å²) in [5.41, 5.74) is 5.02. The van der Waals surface area contributed by atoms with Gasteiger partial charge in [-0.3, -0.25) is 0 Å². The molecule has 0 aliphatic rings. The Morgan fingerprint density at radius 3 is 1.94 bits per heavy atom. The quantitative estimate of drug-likeness (QED) is 0.798. The highest BCUT2D eigenvalue weighted by atomic mass is 16.4. The summed E-state index contributed by atoms with van der Waals surface area (Å²) in [5.74, 6) is -0.867. The third-order valence-electron chi connectivity index (χ3n) is 3.16. The number of benzene rings is 1. The van der Waals surface area contributed by atoms with Crippen LogP contribution in [0.4, 0.5) is 0 Å². The molecule has 0 saturated carbocycles. The molecule has 98 valence electrons. The zero-order valence-corrected chi connectivity index (χ0v) is 12.1. The summed E-state index contributed by atoms with van der Waals surface area (Å²) in [4.78, 5) is 10.9. The molecular weight excluding hydrogens is 224 g/mol. The fraction of sp³-hybridized carbons (Fsp3) is 0.438. The maximum atomic E-state index is 10.9. The summed E-state index contributed by atoms with van der Waals surface area (Å²) in [5, 5.41) is 8.94. The molecule has 18 heavy (non-hydrogen) atoms. The van der Waals surface area contributed by atoms with Crippen molar-refractivity contribution in [2.24, 2.45) is 0 Å². The summed E-state index contributed by atoms with van der Waals surface area (Å²) in [6.07, 6.45) is 1.75. The highest BCUT2D eigenvalue weighted by Gasteiger charge is 2.16. The van der Waals surface area contributed by atoms with E-state index in [4.69, 9.17) is 5.11 Å². The van der Waals surface area contributed by atoms with Gasteiger partial charge < -0.3 is 5.11 Å². The summed E-state index contributed by atoms with van der Waals surface area (Å²) in [7, 11) is 0. The smallest absolute Gasteiger partial charge is 0.331 e. The number of carboxylic acids is 1. The third-order valence-corrected chi connectivity index (χ3v) is 3.16. The Labute approximate surface area is 109 Å². The molecule has 1 N–H and O–H groups in total. The van der Waals surface area contributed by atoms with Gasteiger partial charge in [0.1, 0.15) is 0 Å². The average Bonchev–Trinajstić information content (AvgIpc) is 2.21. The molecule has 2 heteroatoms. The molecule has 0 fully saturated rings. The Morgan fingerprint density at radius 1 is 1.17 bits per heavy atom. The molecule has 0 heterocycles. The lowest BCUT2D eigenvalue weighted by atomic mass is 9.83. The van der Waals surface area contributed by atoms with E-state index in [1.54, 1.807) is 13.0 Å². The number of carboxylic acid groups (broad SMARTS) is 1. The van der Waals surface area contributed by atoms with Crippen molar-refractivity contribution in [1.82, 2.24) is 0 Å². The zero-order valence-electron chi connectivity index (χ0n) is 12.1. The van der Waals surface area contributed by atoms with Crippen LogP contribution >= 0.6 is 0 Å². The first-order chi connectivity index (χ1) is 8.12. The summed E-state index contributed by atoms with van der Waals surface area (Å²) < 4.78 is 0. The van der Waals surface area contributed by atoms with E-state index >= 15 is 0 Å². The number of aliphatic carboxylic acids is 1. The lowest BCUT2D eigenvalue weighted by Gasteiger charge is -2.21. The van der Waals surface area contributed by atoms with Gasteiger partial charge in [0, 0.05) is 5.57 Å². The maximum Gasteiger partial charge on any atom is 0.331 e. The van der Waals surface area contributed by atoms with Gasteiger partial charge in [-0.05, 0) is 54.5 Å². The predicted molar refractivity (Wildman–Crippen MR) is 75.9 cm³/mol. The fourth-order valence-corrected chi connectivity index (χ4v) is 1.91. The van der Waals surface area contributed by atoms with Crippen molar-refractivity contribution in [3.63, 3.8) is 0 Å². The number of rotatable bonds is 2. The van der Waals surface area contributed by atoms with E-state index in [1.807, 2.05) is 13.8 Å². The van der Waals surface area contributed by atoms with Gasteiger partial charge >= 0.3 is 5.97 Å². The van der Waals surface area contributed by atoms with Crippen molar-refractivity contribution in [3.05, 3.63) is 40.0 Å². The molecule has 0 aliphatic heterocycles. The normalized spacial score (nSPS) is 12.7. The molecule has 2 nitrogen and oxygen atoms in total. The van der Waals surface area contributed by atoms with E-state index in [0.29, 0.717) is 5.57 Å². The van der Waals surface area contributed by atoms with Gasteiger partial charge in [0.15, 0.2) is 0 Å². The molecule has 0 amide bonds. The van der Waals surface area contributed by atoms with Crippen LogP contribution in [0.1, 0.15) is 49.9 Å². The molecule has 0 atom stereocenters. The van der Waals surface area contributed by atoms with Gasteiger partial charge in [-0.25, -0.2) is 4.79 Å². The van der Waals surface area contributed by atoms with Crippen LogP contribution in [0.3, 0.4) is 0 Å². The van der Waals surface area contributed by atoms with Gasteiger partial charge in [-0.15, -0.1) is 0 Å². The number of carbonyl (C=O) groups is 1. The minimum absolute atomic E-state index is 0.111. The Kier molecular flexibility index (Phi) is 4.00. The highest BCUT2D eigenvalue weighted by Crippen LogP contribution is 2.27. The zero-order chi connectivity index (χ0) is 14.1. The van der Waals surface area contributed by atoms with Crippen LogP contribution in [0.15, 0.2) is 17.7 Å². The summed E-state index contributed by atoms with van der Waals surface area (Å²) >= 11 is 0. The van der Waals surface area contributed by atoms with Crippen molar-refractivity contribution in [2.75, 3.05) is 0 Å². The molecule has 1 aromatic carbocycles. The maximum absolute atomic E-state index is 10.9. The fourth-order valence-electron chi connectivity index (χ4n) is 1.91. The van der Waals surface area contributed by atoms with Crippen molar-refractivity contribution >= 4 is 12.0 Å². The second-order valence-electron chi connectivity index (χ2n) is 5.91. The van der Waals surface area contributed by atoms with E-state index in [2.05, 4.69) is 32.9 Å². The second-order valence-corrected chi connectivity index (χ2v) is 5.91. The Morgan fingerprint density at radius 2 is 1.61 bits per heavy atom. The summed E-state index contributed by atoms with van der Waals surface area (Å²) in [6.45, 7) is 12.2. The second kappa shape index (κ2) is 4.97. The van der Waals surface area contributed by atoms with Crippen LogP contribution in [0.2, 0.25) is 0 Å². The summed E-state index contributed by atoms with van der Waals surface area (Å²) in [6, 6.07) is 4.29. The van der Waals surface area contributed by atoms with Crippen molar-refractivity contribution < 1.29 is 9.90 Å². The van der Waals surface area contributed by atoms with Crippen LogP contribution in [-0.2, 0) is 10.2 Å². The Hall–Kier alpha value is -1.57. The first kappa shape index (κ1) is 14.5. The molecular formula is C16H22O2. The topological polar surface area (TPSA) is 37.3 Å². The largest absolute Gasteiger partial charge is 0.478 e. The molecule has 0 spiro atoms. The van der Waals surface area contributed by atoms with E-state index in [9.17, 15) is 4.79 Å². The van der Waals surface area contributed by atoms with E-state index in [0.717, 1.165) is 16.7 Å². The van der Waals surface area contributed by atoms with Gasteiger partial charge in [0.25, 0.3) is 0 Å². The predicted octanol–water partition coefficient (Wildman–Crippen LogP) is 4.09. The van der Waals surface area contributed by atoms with Crippen LogP contribution in [0, 0.1) is 13.8 Å². The molecule has 0 unspecified atom stereocenters. The van der Waals surface area contributed by atoms with E-state index in [1.165, 1.54) is 5.56 Å². The Bertz CT molecular complexity index is 479. The van der Waals surface area contributed by atoms with Gasteiger partial charge in [0.2, 0.25) is 0 Å². The lowest BCUT2D eigenvalue weighted by Crippen LogP contribution is -2.12. The number of hydrogen-bond donors (Lipinski definition) is 1. The molecule has 0 aliphatic carbocycles. The first-order valence-corrected chi connectivity index (χ1v) is 6.16. The van der Waals surface area contributed by atoms with Gasteiger partial charge in [-0.1, -0.05) is 32.9 Å². The standard InChI is InChI=1S/C16H22O2/c1-10-7-13(16(4,5)6)8-11(2)14(10)9-12(3)15(17)18/h7-9H,1-6H3,(H,17,18)/b12-9+. The Balaban J connectivity index is 3.34. The molecule has 1 rings (SSSR count). The molecule has 0 aromatic heterocycles. The SMILES string of the molecule is C/C(=C\c1c(C)cc(C(C)(C)C)cc1C)C(=O)O. The third kappa shape index (κ3) is 3.22. The number of hydrogen-bond acceptors (Lipinski definition) is 1. The van der Waals surface area contributed by atoms with E-state index < -0.39 is 5.97 Å². The monoisotopic (exact) mass is 246 g/mol. The molecule has 0 saturated heterocycles. The van der Waals surface area contributed by atoms with Crippen LogP contribution < -0.4 is 0 Å². The highest BCUT2D eigenvalue weighted by molar-refractivity contribution is 5.92. The number of aryl methyl sites for hydroxylation is 2. The van der Waals surface area contributed by atoms with Crippen molar-refractivity contribution in [3.8, 4) is 0 Å². The van der Waals surface area contributed by atoms with Crippen molar-refractivity contribution in [1.29, 1.82) is 0 Å². The van der Waals surface area contributed by atoms with Gasteiger partial charge in [0.05, 0.1) is 0 Å². The van der Waals surface area contributed by atoms with Gasteiger partial charge in [-0.2, -0.15) is 0 Å². The molecule has 1 aromatic rings. The van der Waals surface area contributed by atoms with Crippen LogP contribution in [-0.4, -0.2) is 11.1 Å². The molecule has 0 radical (unpaired) electrons. The van der Waals surface area contributed by atoms with Crippen molar-refractivity contribution in [2.45, 2.75) is 47.0 Å². The molecule has 0 bridgehead atoms. The minimum atomic E-state index is -0.867. The van der Waals surface area contributed by atoms with Crippen LogP contribution in [0.5, 0.6) is 0 Å².